The Kier molecular flexibility index (Phi) is 2.28. The highest BCUT2D eigenvalue weighted by molar-refractivity contribution is 5.69. The minimum Gasteiger partial charge on any atom is -0.444 e. The molecule has 4 heteroatoms. The van der Waals surface area contributed by atoms with Gasteiger partial charge in [0.05, 0.1) is 0 Å². The molecule has 1 unspecified atom stereocenters. The van der Waals surface area contributed by atoms with Gasteiger partial charge in [0.1, 0.15) is 11.3 Å². The van der Waals surface area contributed by atoms with Crippen molar-refractivity contribution in [3.63, 3.8) is 0 Å². The maximum atomic E-state index is 11.4. The van der Waals surface area contributed by atoms with Gasteiger partial charge in [-0.3, -0.25) is 4.90 Å². The van der Waals surface area contributed by atoms with Crippen molar-refractivity contribution < 1.29 is 14.6 Å². The summed E-state index contributed by atoms with van der Waals surface area (Å²) >= 11 is 0. The number of carbonyl (C=O) groups is 1. The number of ether oxygens (including phenoxy) is 1. The molecule has 1 saturated heterocycles. The summed E-state index contributed by atoms with van der Waals surface area (Å²) in [6.45, 7) is 7.60. The number of rotatable bonds is 0. The molecule has 76 valence electrons. The molecular weight excluding hydrogens is 170 g/mol. The molecule has 0 saturated carbocycles. The summed E-state index contributed by atoms with van der Waals surface area (Å²) in [7, 11) is 0. The Balaban J connectivity index is 2.50. The van der Waals surface area contributed by atoms with Crippen LogP contribution in [0.15, 0.2) is 0 Å². The van der Waals surface area contributed by atoms with Gasteiger partial charge in [0, 0.05) is 13.0 Å². The first-order valence-corrected chi connectivity index (χ1v) is 4.45. The van der Waals surface area contributed by atoms with E-state index in [-0.39, 0.29) is 0 Å². The monoisotopic (exact) mass is 187 g/mol. The largest absolute Gasteiger partial charge is 0.444 e. The van der Waals surface area contributed by atoms with Crippen LogP contribution in [0.3, 0.4) is 0 Å². The number of hydrogen-bond donors (Lipinski definition) is 1. The van der Waals surface area contributed by atoms with E-state index in [0.29, 0.717) is 13.0 Å². The van der Waals surface area contributed by atoms with Crippen LogP contribution in [0.5, 0.6) is 0 Å². The van der Waals surface area contributed by atoms with Crippen LogP contribution >= 0.6 is 0 Å². The normalized spacial score (nSPS) is 28.2. The Morgan fingerprint density at radius 2 is 2.08 bits per heavy atom. The van der Waals surface area contributed by atoms with Crippen molar-refractivity contribution in [1.29, 1.82) is 0 Å². The van der Waals surface area contributed by atoms with E-state index < -0.39 is 17.4 Å². The molecule has 0 aromatic carbocycles. The van der Waals surface area contributed by atoms with E-state index in [1.165, 1.54) is 4.90 Å². The molecular formula is C9H17NO3. The summed E-state index contributed by atoms with van der Waals surface area (Å²) < 4.78 is 5.10. The number of aliphatic hydroxyl groups is 1. The summed E-state index contributed by atoms with van der Waals surface area (Å²) in [5.41, 5.74) is -1.51. The van der Waals surface area contributed by atoms with Crippen LogP contribution < -0.4 is 0 Å². The van der Waals surface area contributed by atoms with E-state index in [9.17, 15) is 9.90 Å². The summed E-state index contributed by atoms with van der Waals surface area (Å²) in [4.78, 5) is 12.7. The molecule has 0 radical (unpaired) electrons. The van der Waals surface area contributed by atoms with Crippen molar-refractivity contribution in [1.82, 2.24) is 4.90 Å². The third-order valence-electron chi connectivity index (χ3n) is 2.00. The first-order valence-electron chi connectivity index (χ1n) is 4.45. The van der Waals surface area contributed by atoms with E-state index in [1.807, 2.05) is 0 Å². The zero-order valence-corrected chi connectivity index (χ0v) is 8.63. The van der Waals surface area contributed by atoms with Crippen LogP contribution in [-0.2, 0) is 4.74 Å². The standard InChI is InChI=1S/C9H17NO3/c1-8(2,3)13-7(11)10-6-5-9(10,4)12/h12H,5-6H2,1-4H3. The topological polar surface area (TPSA) is 49.8 Å². The predicted molar refractivity (Wildman–Crippen MR) is 48.2 cm³/mol. The van der Waals surface area contributed by atoms with Gasteiger partial charge < -0.3 is 9.84 Å². The number of amides is 1. The Morgan fingerprint density at radius 3 is 2.31 bits per heavy atom. The first kappa shape index (κ1) is 10.3. The summed E-state index contributed by atoms with van der Waals surface area (Å²) in [5, 5.41) is 9.57. The Hall–Kier alpha value is -0.770. The van der Waals surface area contributed by atoms with Crippen LogP contribution in [0.4, 0.5) is 4.79 Å². The smallest absolute Gasteiger partial charge is 0.412 e. The maximum Gasteiger partial charge on any atom is 0.412 e. The molecule has 13 heavy (non-hydrogen) atoms. The highest BCUT2D eigenvalue weighted by atomic mass is 16.6. The van der Waals surface area contributed by atoms with Crippen LogP contribution in [0.2, 0.25) is 0 Å². The Labute approximate surface area is 78.5 Å². The fourth-order valence-electron chi connectivity index (χ4n) is 1.15. The molecule has 0 aromatic heterocycles. The van der Waals surface area contributed by atoms with Gasteiger partial charge >= 0.3 is 6.09 Å². The molecule has 1 aliphatic heterocycles. The third-order valence-corrected chi connectivity index (χ3v) is 2.00. The Bertz CT molecular complexity index is 217. The Morgan fingerprint density at radius 1 is 1.54 bits per heavy atom. The van der Waals surface area contributed by atoms with E-state index in [4.69, 9.17) is 4.74 Å². The van der Waals surface area contributed by atoms with Gasteiger partial charge in [0.15, 0.2) is 0 Å². The second kappa shape index (κ2) is 2.87. The number of hydrogen-bond acceptors (Lipinski definition) is 3. The maximum absolute atomic E-state index is 11.4. The fraction of sp³-hybridized carbons (Fsp3) is 0.889. The zero-order valence-electron chi connectivity index (χ0n) is 8.63. The fourth-order valence-corrected chi connectivity index (χ4v) is 1.15. The van der Waals surface area contributed by atoms with E-state index in [0.717, 1.165) is 0 Å². The highest BCUT2D eigenvalue weighted by Crippen LogP contribution is 2.28. The van der Waals surface area contributed by atoms with Gasteiger partial charge in [0.25, 0.3) is 0 Å². The molecule has 1 N–H and O–H groups in total. The lowest BCUT2D eigenvalue weighted by atomic mass is 10.0. The molecule has 1 heterocycles. The second-order valence-corrected chi connectivity index (χ2v) is 4.60. The lowest BCUT2D eigenvalue weighted by molar-refractivity contribution is -0.156. The minimum absolute atomic E-state index is 0.441. The average Bonchev–Trinajstić information content (AvgIpc) is 1.80. The van der Waals surface area contributed by atoms with Gasteiger partial charge in [-0.1, -0.05) is 0 Å². The second-order valence-electron chi connectivity index (χ2n) is 4.60. The molecule has 1 amide bonds. The number of carbonyl (C=O) groups excluding carboxylic acids is 1. The molecule has 4 nitrogen and oxygen atoms in total. The highest BCUT2D eigenvalue weighted by Gasteiger charge is 2.43. The van der Waals surface area contributed by atoms with E-state index in [1.54, 1.807) is 27.7 Å². The van der Waals surface area contributed by atoms with Crippen molar-refractivity contribution in [2.45, 2.75) is 45.4 Å². The number of nitrogens with zero attached hydrogens (tertiary/aromatic N) is 1. The van der Waals surface area contributed by atoms with Crippen LogP contribution in [0, 0.1) is 0 Å². The van der Waals surface area contributed by atoms with E-state index in [2.05, 4.69) is 0 Å². The van der Waals surface area contributed by atoms with Crippen LogP contribution in [0.25, 0.3) is 0 Å². The number of likely N-dealkylation sites (tertiary alicyclic amines) is 1. The van der Waals surface area contributed by atoms with Crippen molar-refractivity contribution in [3.05, 3.63) is 0 Å². The predicted octanol–water partition coefficient (Wildman–Crippen LogP) is 1.34. The SMILES string of the molecule is CC(C)(C)OC(=O)N1CCC1(C)O. The van der Waals surface area contributed by atoms with Crippen molar-refractivity contribution in [2.75, 3.05) is 6.54 Å². The van der Waals surface area contributed by atoms with Crippen molar-refractivity contribution >= 4 is 6.09 Å². The van der Waals surface area contributed by atoms with Gasteiger partial charge in [-0.05, 0) is 27.7 Å². The average molecular weight is 187 g/mol. The minimum atomic E-state index is -1.01. The molecule has 1 aliphatic rings. The molecule has 0 bridgehead atoms. The van der Waals surface area contributed by atoms with Gasteiger partial charge in [-0.25, -0.2) is 4.79 Å². The van der Waals surface area contributed by atoms with Gasteiger partial charge in [-0.15, -0.1) is 0 Å². The van der Waals surface area contributed by atoms with Crippen LogP contribution in [0.1, 0.15) is 34.1 Å². The first-order chi connectivity index (χ1) is 5.72. The lowest BCUT2D eigenvalue weighted by Gasteiger charge is -2.46. The lowest BCUT2D eigenvalue weighted by Crippen LogP contribution is -2.61. The quantitative estimate of drug-likeness (QED) is 0.622. The van der Waals surface area contributed by atoms with Gasteiger partial charge in [0.2, 0.25) is 0 Å². The molecule has 0 spiro atoms. The molecule has 1 fully saturated rings. The van der Waals surface area contributed by atoms with Gasteiger partial charge in [-0.2, -0.15) is 0 Å². The molecule has 1 atom stereocenters. The van der Waals surface area contributed by atoms with E-state index >= 15 is 0 Å². The summed E-state index contributed by atoms with van der Waals surface area (Å²) in [6.07, 6.45) is 0.176. The zero-order chi connectivity index (χ0) is 10.3. The van der Waals surface area contributed by atoms with Crippen molar-refractivity contribution in [2.24, 2.45) is 0 Å². The third kappa shape index (κ3) is 2.34. The summed E-state index contributed by atoms with van der Waals surface area (Å²) in [6, 6.07) is 0. The molecule has 0 aromatic rings. The molecule has 1 rings (SSSR count). The molecule has 0 aliphatic carbocycles. The summed E-state index contributed by atoms with van der Waals surface area (Å²) in [5.74, 6) is 0. The van der Waals surface area contributed by atoms with Crippen LogP contribution in [-0.4, -0.2) is 34.0 Å². The van der Waals surface area contributed by atoms with Crippen molar-refractivity contribution in [3.8, 4) is 0 Å².